The third-order valence-electron chi connectivity index (χ3n) is 5.77. The van der Waals surface area contributed by atoms with E-state index in [2.05, 4.69) is 4.99 Å². The van der Waals surface area contributed by atoms with Crippen molar-refractivity contribution in [3.63, 3.8) is 0 Å². The summed E-state index contributed by atoms with van der Waals surface area (Å²) in [6, 6.07) is 11.1. The SMILES string of the molecule is COc1ccc(CC(=O)N=C2S[C@@H]3CS(=O)(=O)C[C@@H]3N2c2c(C)cccc2C)cc1OC. The lowest BCUT2D eigenvalue weighted by Crippen LogP contribution is -2.38. The van der Waals surface area contributed by atoms with E-state index < -0.39 is 9.84 Å². The van der Waals surface area contributed by atoms with Gasteiger partial charge in [-0.3, -0.25) is 4.79 Å². The van der Waals surface area contributed by atoms with E-state index >= 15 is 0 Å². The fraction of sp³-hybridized carbons (Fsp3) is 0.391. The maximum Gasteiger partial charge on any atom is 0.252 e. The van der Waals surface area contributed by atoms with Crippen LogP contribution in [0.5, 0.6) is 11.5 Å². The summed E-state index contributed by atoms with van der Waals surface area (Å²) in [5, 5.41) is 0.435. The summed E-state index contributed by atoms with van der Waals surface area (Å²) in [4.78, 5) is 19.3. The molecule has 7 nitrogen and oxygen atoms in total. The first-order valence-electron chi connectivity index (χ1n) is 10.3. The summed E-state index contributed by atoms with van der Waals surface area (Å²) in [6.07, 6.45) is 0.110. The Morgan fingerprint density at radius 2 is 1.78 bits per heavy atom. The molecule has 1 amide bonds. The third kappa shape index (κ3) is 4.36. The Morgan fingerprint density at radius 3 is 2.44 bits per heavy atom. The van der Waals surface area contributed by atoms with Crippen molar-refractivity contribution >= 4 is 38.4 Å². The molecule has 2 saturated heterocycles. The number of sulfone groups is 1. The van der Waals surface area contributed by atoms with Crippen molar-refractivity contribution in [2.75, 3.05) is 30.6 Å². The van der Waals surface area contributed by atoms with Gasteiger partial charge in [-0.2, -0.15) is 4.99 Å². The number of carbonyl (C=O) groups excluding carboxylic acids is 1. The molecule has 2 atom stereocenters. The van der Waals surface area contributed by atoms with Crippen molar-refractivity contribution in [2.45, 2.75) is 31.6 Å². The Bertz CT molecular complexity index is 1170. The van der Waals surface area contributed by atoms with E-state index in [9.17, 15) is 13.2 Å². The predicted octanol–water partition coefficient (Wildman–Crippen LogP) is 3.16. The van der Waals surface area contributed by atoms with E-state index in [0.29, 0.717) is 16.7 Å². The van der Waals surface area contributed by atoms with Gasteiger partial charge >= 0.3 is 0 Å². The van der Waals surface area contributed by atoms with Crippen molar-refractivity contribution in [2.24, 2.45) is 4.99 Å². The standard InChI is InChI=1S/C23H26N2O5S2/c1-14-6-5-7-15(2)22(14)25-17-12-32(27,28)13-20(17)31-23(25)24-21(26)11-16-8-9-18(29-3)19(10-16)30-4/h5-10,17,20H,11-13H2,1-4H3/t17-,20+/m0/s1. The summed E-state index contributed by atoms with van der Waals surface area (Å²) >= 11 is 1.39. The van der Waals surface area contributed by atoms with Crippen LogP contribution < -0.4 is 14.4 Å². The van der Waals surface area contributed by atoms with E-state index in [0.717, 1.165) is 22.4 Å². The molecule has 2 aliphatic heterocycles. The molecule has 2 heterocycles. The van der Waals surface area contributed by atoms with E-state index in [1.165, 1.54) is 11.8 Å². The zero-order chi connectivity index (χ0) is 23.0. The first kappa shape index (κ1) is 22.7. The Morgan fingerprint density at radius 1 is 1.09 bits per heavy atom. The van der Waals surface area contributed by atoms with Gasteiger partial charge < -0.3 is 14.4 Å². The molecule has 0 spiro atoms. The molecule has 2 aliphatic rings. The summed E-state index contributed by atoms with van der Waals surface area (Å²) < 4.78 is 35.2. The number of nitrogens with zero attached hydrogens (tertiary/aromatic N) is 2. The summed E-state index contributed by atoms with van der Waals surface area (Å²) in [5.41, 5.74) is 3.75. The van der Waals surface area contributed by atoms with Gasteiger partial charge in [-0.1, -0.05) is 36.0 Å². The van der Waals surface area contributed by atoms with Crippen molar-refractivity contribution in [1.29, 1.82) is 0 Å². The quantitative estimate of drug-likeness (QED) is 0.658. The highest BCUT2D eigenvalue weighted by atomic mass is 32.2. The molecule has 32 heavy (non-hydrogen) atoms. The fourth-order valence-corrected chi connectivity index (χ4v) is 8.24. The zero-order valence-corrected chi connectivity index (χ0v) is 20.1. The van der Waals surface area contributed by atoms with Gasteiger partial charge in [0.25, 0.3) is 5.91 Å². The number of hydrogen-bond donors (Lipinski definition) is 0. The average molecular weight is 475 g/mol. The highest BCUT2D eigenvalue weighted by molar-refractivity contribution is 8.16. The number of aryl methyl sites for hydroxylation is 2. The molecule has 2 aromatic carbocycles. The number of methoxy groups -OCH3 is 2. The van der Waals surface area contributed by atoms with Crippen LogP contribution in [0.1, 0.15) is 16.7 Å². The lowest BCUT2D eigenvalue weighted by atomic mass is 10.1. The second-order valence-corrected chi connectivity index (χ2v) is 11.4. The number of ether oxygens (including phenoxy) is 2. The predicted molar refractivity (Wildman–Crippen MR) is 128 cm³/mol. The minimum atomic E-state index is -3.12. The van der Waals surface area contributed by atoms with E-state index in [-0.39, 0.29) is 35.1 Å². The monoisotopic (exact) mass is 474 g/mol. The number of carbonyl (C=O) groups is 1. The number of benzene rings is 2. The van der Waals surface area contributed by atoms with Crippen LogP contribution in [0, 0.1) is 13.8 Å². The molecule has 0 N–H and O–H groups in total. The molecular formula is C23H26N2O5S2. The fourth-order valence-electron chi connectivity index (χ4n) is 4.32. The van der Waals surface area contributed by atoms with Gasteiger partial charge in [0.05, 0.1) is 38.2 Å². The van der Waals surface area contributed by atoms with Crippen LogP contribution >= 0.6 is 11.8 Å². The number of para-hydroxylation sites is 1. The van der Waals surface area contributed by atoms with E-state index in [1.807, 2.05) is 43.0 Å². The number of rotatable bonds is 5. The summed E-state index contributed by atoms with van der Waals surface area (Å²) in [6.45, 7) is 3.99. The molecule has 0 unspecified atom stereocenters. The molecule has 9 heteroatoms. The minimum Gasteiger partial charge on any atom is -0.493 e. The van der Waals surface area contributed by atoms with Gasteiger partial charge in [-0.25, -0.2) is 8.42 Å². The lowest BCUT2D eigenvalue weighted by Gasteiger charge is -2.28. The van der Waals surface area contributed by atoms with Crippen molar-refractivity contribution < 1.29 is 22.7 Å². The van der Waals surface area contributed by atoms with Crippen LogP contribution in [-0.4, -0.2) is 56.5 Å². The highest BCUT2D eigenvalue weighted by Gasteiger charge is 2.49. The van der Waals surface area contributed by atoms with Crippen LogP contribution in [0.3, 0.4) is 0 Å². The van der Waals surface area contributed by atoms with E-state index in [1.54, 1.807) is 26.4 Å². The second kappa shape index (κ2) is 8.78. The Kier molecular flexibility index (Phi) is 6.22. The largest absolute Gasteiger partial charge is 0.493 e. The first-order valence-corrected chi connectivity index (χ1v) is 13.0. The number of thioether (sulfide) groups is 1. The summed E-state index contributed by atoms with van der Waals surface area (Å²) in [5.74, 6) is 1.03. The number of amides is 1. The molecule has 0 radical (unpaired) electrons. The molecular weight excluding hydrogens is 448 g/mol. The Hall–Kier alpha value is -2.52. The van der Waals surface area contributed by atoms with Gasteiger partial charge in [-0.15, -0.1) is 0 Å². The van der Waals surface area contributed by atoms with Gasteiger partial charge in [-0.05, 0) is 42.7 Å². The number of anilines is 1. The van der Waals surface area contributed by atoms with Crippen LogP contribution in [0.2, 0.25) is 0 Å². The molecule has 4 rings (SSSR count). The number of hydrogen-bond acceptors (Lipinski definition) is 6. The maximum absolute atomic E-state index is 12.9. The van der Waals surface area contributed by atoms with Crippen LogP contribution in [0.4, 0.5) is 5.69 Å². The lowest BCUT2D eigenvalue weighted by molar-refractivity contribution is -0.117. The molecule has 2 fully saturated rings. The number of aliphatic imine (C=N–C) groups is 1. The normalized spacial score (nSPS) is 22.8. The zero-order valence-electron chi connectivity index (χ0n) is 18.5. The molecule has 0 aliphatic carbocycles. The average Bonchev–Trinajstić information content (AvgIpc) is 3.19. The van der Waals surface area contributed by atoms with Gasteiger partial charge in [0.2, 0.25) is 0 Å². The minimum absolute atomic E-state index is 0.0708. The van der Waals surface area contributed by atoms with Crippen molar-refractivity contribution in [3.8, 4) is 11.5 Å². The molecule has 0 saturated carbocycles. The topological polar surface area (TPSA) is 85.3 Å². The highest BCUT2D eigenvalue weighted by Crippen LogP contribution is 2.43. The van der Waals surface area contributed by atoms with Gasteiger partial charge in [0.1, 0.15) is 0 Å². The maximum atomic E-state index is 12.9. The number of fused-ring (bicyclic) bond motifs is 1. The van der Waals surface area contributed by atoms with Gasteiger partial charge in [0, 0.05) is 10.9 Å². The Balaban J connectivity index is 1.66. The molecule has 0 bridgehead atoms. The van der Waals surface area contributed by atoms with Crippen molar-refractivity contribution in [3.05, 3.63) is 53.1 Å². The van der Waals surface area contributed by atoms with E-state index in [4.69, 9.17) is 9.47 Å². The van der Waals surface area contributed by atoms with Crippen LogP contribution in [0.15, 0.2) is 41.4 Å². The smallest absolute Gasteiger partial charge is 0.252 e. The number of amidine groups is 1. The Labute approximate surface area is 192 Å². The van der Waals surface area contributed by atoms with Crippen LogP contribution in [0.25, 0.3) is 0 Å². The van der Waals surface area contributed by atoms with Gasteiger partial charge in [0.15, 0.2) is 26.5 Å². The molecule has 2 aromatic rings. The van der Waals surface area contributed by atoms with Crippen molar-refractivity contribution in [1.82, 2.24) is 0 Å². The molecule has 0 aromatic heterocycles. The molecule has 170 valence electrons. The summed E-state index contributed by atoms with van der Waals surface area (Å²) in [7, 11) is -0.00472. The third-order valence-corrected chi connectivity index (χ3v) is 8.98. The first-order chi connectivity index (χ1) is 15.2. The van der Waals surface area contributed by atoms with Crippen LogP contribution in [-0.2, 0) is 21.1 Å². The second-order valence-electron chi connectivity index (χ2n) is 8.07.